The number of hydrogen-bond acceptors (Lipinski definition) is 2. The Labute approximate surface area is 99.5 Å². The molecule has 1 aliphatic rings. The normalized spacial score (nSPS) is 19.3. The van der Waals surface area contributed by atoms with E-state index in [0.717, 1.165) is 10.9 Å². The molecule has 0 bridgehead atoms. The van der Waals surface area contributed by atoms with Crippen LogP contribution in [-0.4, -0.2) is 5.78 Å². The summed E-state index contributed by atoms with van der Waals surface area (Å²) < 4.78 is 5.54. The van der Waals surface area contributed by atoms with Gasteiger partial charge in [-0.1, -0.05) is 42.5 Å². The second-order valence-corrected chi connectivity index (χ2v) is 4.17. The van der Waals surface area contributed by atoms with E-state index < -0.39 is 0 Å². The predicted octanol–water partition coefficient (Wildman–Crippen LogP) is 3.38. The van der Waals surface area contributed by atoms with E-state index in [1.807, 2.05) is 24.3 Å². The van der Waals surface area contributed by atoms with Crippen LogP contribution in [0.3, 0.4) is 0 Å². The van der Waals surface area contributed by atoms with Crippen LogP contribution in [0.25, 0.3) is 10.8 Å². The standard InChI is InChI=1S/C15H12O2/c16-12-8-9-17-15(10-12)14-7-3-5-11-4-1-2-6-13(11)14/h1-9,15H,10H2/t15-/m0/s1. The molecule has 0 saturated heterocycles. The highest BCUT2D eigenvalue weighted by atomic mass is 16.5. The third kappa shape index (κ3) is 1.82. The molecule has 2 nitrogen and oxygen atoms in total. The molecule has 0 aromatic heterocycles. The van der Waals surface area contributed by atoms with Gasteiger partial charge in [0.2, 0.25) is 0 Å². The Morgan fingerprint density at radius 2 is 1.88 bits per heavy atom. The van der Waals surface area contributed by atoms with Gasteiger partial charge in [0.25, 0.3) is 0 Å². The molecule has 0 fully saturated rings. The molecule has 2 heteroatoms. The lowest BCUT2D eigenvalue weighted by molar-refractivity contribution is -0.118. The number of ether oxygens (including phenoxy) is 1. The molecule has 0 aliphatic carbocycles. The highest BCUT2D eigenvalue weighted by Gasteiger charge is 2.20. The fourth-order valence-electron chi connectivity index (χ4n) is 2.22. The van der Waals surface area contributed by atoms with Crippen molar-refractivity contribution in [1.29, 1.82) is 0 Å². The van der Waals surface area contributed by atoms with E-state index in [1.54, 1.807) is 0 Å². The number of rotatable bonds is 1. The maximum absolute atomic E-state index is 11.4. The molecule has 0 amide bonds. The molecule has 17 heavy (non-hydrogen) atoms. The van der Waals surface area contributed by atoms with Gasteiger partial charge < -0.3 is 4.74 Å². The van der Waals surface area contributed by atoms with Crippen LogP contribution in [0.2, 0.25) is 0 Å². The minimum absolute atomic E-state index is 0.120. The number of carbonyl (C=O) groups is 1. The van der Waals surface area contributed by atoms with Crippen LogP contribution in [0.4, 0.5) is 0 Å². The molecule has 84 valence electrons. The summed E-state index contributed by atoms with van der Waals surface area (Å²) in [6, 6.07) is 14.3. The van der Waals surface area contributed by atoms with Crippen LogP contribution < -0.4 is 0 Å². The van der Waals surface area contributed by atoms with Gasteiger partial charge in [0, 0.05) is 11.6 Å². The number of hydrogen-bond donors (Lipinski definition) is 0. The minimum atomic E-state index is -0.154. The van der Waals surface area contributed by atoms with Crippen molar-refractivity contribution in [1.82, 2.24) is 0 Å². The zero-order valence-electron chi connectivity index (χ0n) is 9.30. The van der Waals surface area contributed by atoms with Gasteiger partial charge in [-0.05, 0) is 10.8 Å². The van der Waals surface area contributed by atoms with Gasteiger partial charge in [0.15, 0.2) is 5.78 Å². The lowest BCUT2D eigenvalue weighted by atomic mass is 9.96. The van der Waals surface area contributed by atoms with Crippen LogP contribution >= 0.6 is 0 Å². The zero-order chi connectivity index (χ0) is 11.7. The van der Waals surface area contributed by atoms with Gasteiger partial charge in [0.1, 0.15) is 6.10 Å². The quantitative estimate of drug-likeness (QED) is 0.742. The van der Waals surface area contributed by atoms with Crippen molar-refractivity contribution in [2.24, 2.45) is 0 Å². The van der Waals surface area contributed by atoms with Gasteiger partial charge in [0.05, 0.1) is 12.7 Å². The average Bonchev–Trinajstić information content (AvgIpc) is 2.38. The molecular weight excluding hydrogens is 212 g/mol. The summed E-state index contributed by atoms with van der Waals surface area (Å²) in [5, 5.41) is 2.33. The highest BCUT2D eigenvalue weighted by Crippen LogP contribution is 2.30. The number of carbonyl (C=O) groups excluding carboxylic acids is 1. The van der Waals surface area contributed by atoms with Crippen molar-refractivity contribution in [3.63, 3.8) is 0 Å². The van der Waals surface area contributed by atoms with Gasteiger partial charge in [-0.3, -0.25) is 4.79 Å². The Morgan fingerprint density at radius 1 is 1.06 bits per heavy atom. The van der Waals surface area contributed by atoms with Gasteiger partial charge in [-0.2, -0.15) is 0 Å². The Morgan fingerprint density at radius 3 is 2.76 bits per heavy atom. The fraction of sp³-hybridized carbons (Fsp3) is 0.133. The molecule has 1 atom stereocenters. The Kier molecular flexibility index (Phi) is 2.41. The van der Waals surface area contributed by atoms with E-state index in [2.05, 4.69) is 18.2 Å². The van der Waals surface area contributed by atoms with E-state index in [9.17, 15) is 4.79 Å². The minimum Gasteiger partial charge on any atom is -0.493 e. The number of benzene rings is 2. The SMILES string of the molecule is O=C1C=CO[C@H](c2cccc3ccccc23)C1. The van der Waals surface area contributed by atoms with Crippen LogP contribution in [0.1, 0.15) is 18.1 Å². The summed E-state index contributed by atoms with van der Waals surface area (Å²) in [6.45, 7) is 0. The van der Waals surface area contributed by atoms with E-state index >= 15 is 0 Å². The second kappa shape index (κ2) is 4.06. The second-order valence-electron chi connectivity index (χ2n) is 4.17. The van der Waals surface area contributed by atoms with Crippen molar-refractivity contribution in [2.45, 2.75) is 12.5 Å². The summed E-state index contributed by atoms with van der Waals surface area (Å²) in [4.78, 5) is 11.4. The predicted molar refractivity (Wildman–Crippen MR) is 66.5 cm³/mol. The number of ketones is 1. The molecule has 3 rings (SSSR count). The molecule has 0 radical (unpaired) electrons. The first-order chi connectivity index (χ1) is 8.34. The monoisotopic (exact) mass is 224 g/mol. The number of allylic oxidation sites excluding steroid dienone is 1. The maximum atomic E-state index is 11.4. The van der Waals surface area contributed by atoms with Crippen molar-refractivity contribution in [2.75, 3.05) is 0 Å². The van der Waals surface area contributed by atoms with E-state index in [0.29, 0.717) is 6.42 Å². The molecule has 2 aromatic carbocycles. The Balaban J connectivity index is 2.11. The smallest absolute Gasteiger partial charge is 0.162 e. The topological polar surface area (TPSA) is 26.3 Å². The third-order valence-corrected chi connectivity index (χ3v) is 3.05. The van der Waals surface area contributed by atoms with Crippen LogP contribution in [0.15, 0.2) is 54.8 Å². The van der Waals surface area contributed by atoms with Gasteiger partial charge >= 0.3 is 0 Å². The summed E-state index contributed by atoms with van der Waals surface area (Å²) in [6.07, 6.45) is 3.25. The van der Waals surface area contributed by atoms with Crippen LogP contribution in [-0.2, 0) is 9.53 Å². The lowest BCUT2D eigenvalue weighted by Gasteiger charge is -2.20. The van der Waals surface area contributed by atoms with Gasteiger partial charge in [-0.25, -0.2) is 0 Å². The van der Waals surface area contributed by atoms with Crippen molar-refractivity contribution in [3.8, 4) is 0 Å². The first-order valence-corrected chi connectivity index (χ1v) is 5.67. The number of fused-ring (bicyclic) bond motifs is 1. The third-order valence-electron chi connectivity index (χ3n) is 3.05. The molecule has 0 N–H and O–H groups in total. The maximum Gasteiger partial charge on any atom is 0.162 e. The summed E-state index contributed by atoms with van der Waals surface area (Å²) >= 11 is 0. The fourth-order valence-corrected chi connectivity index (χ4v) is 2.22. The highest BCUT2D eigenvalue weighted by molar-refractivity contribution is 5.92. The van der Waals surface area contributed by atoms with Crippen molar-refractivity contribution in [3.05, 3.63) is 60.4 Å². The largest absolute Gasteiger partial charge is 0.493 e. The van der Waals surface area contributed by atoms with Crippen molar-refractivity contribution >= 4 is 16.6 Å². The van der Waals surface area contributed by atoms with Crippen LogP contribution in [0, 0.1) is 0 Å². The van der Waals surface area contributed by atoms with E-state index in [-0.39, 0.29) is 11.9 Å². The van der Waals surface area contributed by atoms with E-state index in [1.165, 1.54) is 17.7 Å². The van der Waals surface area contributed by atoms with E-state index in [4.69, 9.17) is 4.74 Å². The molecule has 1 heterocycles. The molecule has 0 spiro atoms. The average molecular weight is 224 g/mol. The first kappa shape index (κ1) is 10.1. The Bertz CT molecular complexity index is 593. The van der Waals surface area contributed by atoms with Crippen LogP contribution in [0.5, 0.6) is 0 Å². The molecule has 0 unspecified atom stereocenters. The summed E-state index contributed by atoms with van der Waals surface area (Å²) in [5.74, 6) is 0.120. The summed E-state index contributed by atoms with van der Waals surface area (Å²) in [5.41, 5.74) is 1.08. The zero-order valence-corrected chi connectivity index (χ0v) is 9.30. The Hall–Kier alpha value is -2.09. The molecular formula is C15H12O2. The summed E-state index contributed by atoms with van der Waals surface area (Å²) in [7, 11) is 0. The molecule has 0 saturated carbocycles. The lowest BCUT2D eigenvalue weighted by Crippen LogP contribution is -2.11. The molecule has 2 aromatic rings. The van der Waals surface area contributed by atoms with Crippen molar-refractivity contribution < 1.29 is 9.53 Å². The molecule has 1 aliphatic heterocycles. The first-order valence-electron chi connectivity index (χ1n) is 5.67. The van der Waals surface area contributed by atoms with Gasteiger partial charge in [-0.15, -0.1) is 0 Å².